The van der Waals surface area contributed by atoms with Crippen LogP contribution in [0.4, 0.5) is 4.39 Å². The summed E-state index contributed by atoms with van der Waals surface area (Å²) >= 11 is 11.0. The predicted molar refractivity (Wildman–Crippen MR) is 78.0 cm³/mol. The summed E-state index contributed by atoms with van der Waals surface area (Å²) in [4.78, 5) is 0. The first-order chi connectivity index (χ1) is 8.65. The van der Waals surface area contributed by atoms with Gasteiger partial charge in [0, 0.05) is 21.5 Å². The van der Waals surface area contributed by atoms with Gasteiger partial charge in [-0.3, -0.25) is 0 Å². The minimum Gasteiger partial charge on any atom is -0.375 e. The molecule has 1 saturated heterocycles. The Bertz CT molecular complexity index is 429. The Morgan fingerprint density at radius 1 is 1.61 bits per heavy atom. The number of ether oxygens (including phenoxy) is 1. The van der Waals surface area contributed by atoms with E-state index in [1.54, 1.807) is 12.1 Å². The van der Waals surface area contributed by atoms with E-state index in [9.17, 15) is 4.39 Å². The van der Waals surface area contributed by atoms with E-state index in [-0.39, 0.29) is 23.0 Å². The molecule has 18 heavy (non-hydrogen) atoms. The highest BCUT2D eigenvalue weighted by molar-refractivity contribution is 9.10. The van der Waals surface area contributed by atoms with Crippen molar-refractivity contribution in [2.45, 2.75) is 12.1 Å². The van der Waals surface area contributed by atoms with Gasteiger partial charge in [-0.05, 0) is 29.0 Å². The number of likely N-dealkylation sites (N-methyl/N-ethyl adjacent to an activating group) is 1. The first-order valence-corrected chi connectivity index (χ1v) is 7.97. The molecule has 1 aromatic rings. The van der Waals surface area contributed by atoms with Crippen LogP contribution in [0.3, 0.4) is 0 Å². The Hall–Kier alpha value is 0.190. The summed E-state index contributed by atoms with van der Waals surface area (Å²) in [5, 5.41) is 3.24. The number of hydrogen-bond donors (Lipinski definition) is 1. The largest absolute Gasteiger partial charge is 0.375 e. The van der Waals surface area contributed by atoms with E-state index in [0.29, 0.717) is 16.6 Å². The average molecular weight is 355 g/mol. The third kappa shape index (κ3) is 3.02. The molecule has 2 nitrogen and oxygen atoms in total. The summed E-state index contributed by atoms with van der Waals surface area (Å²) in [6, 6.07) is 3.33. The molecule has 1 aliphatic rings. The molecule has 2 unspecified atom stereocenters. The van der Waals surface area contributed by atoms with Gasteiger partial charge in [-0.15, -0.1) is 0 Å². The van der Waals surface area contributed by atoms with Gasteiger partial charge in [0.2, 0.25) is 0 Å². The van der Waals surface area contributed by atoms with Gasteiger partial charge < -0.3 is 10.1 Å². The van der Waals surface area contributed by atoms with Crippen molar-refractivity contribution >= 4 is 39.3 Å². The van der Waals surface area contributed by atoms with E-state index in [1.807, 2.05) is 18.8 Å². The Morgan fingerprint density at radius 3 is 3.00 bits per heavy atom. The Kier molecular flexibility index (Phi) is 5.33. The van der Waals surface area contributed by atoms with Gasteiger partial charge >= 0.3 is 0 Å². The van der Waals surface area contributed by atoms with Gasteiger partial charge in [0.05, 0.1) is 23.8 Å². The molecule has 0 amide bonds. The lowest BCUT2D eigenvalue weighted by molar-refractivity contribution is 0.0479. The fraction of sp³-hybridized carbons (Fsp3) is 0.500. The molecule has 1 heterocycles. The fourth-order valence-corrected chi connectivity index (χ4v) is 3.40. The lowest BCUT2D eigenvalue weighted by atomic mass is 10.0. The molecular weight excluding hydrogens is 341 g/mol. The van der Waals surface area contributed by atoms with Crippen LogP contribution in [0.1, 0.15) is 11.6 Å². The van der Waals surface area contributed by atoms with Crippen molar-refractivity contribution in [2.75, 3.05) is 25.2 Å². The normalized spacial score (nSPS) is 21.9. The topological polar surface area (TPSA) is 21.3 Å². The molecule has 0 aromatic heterocycles. The molecule has 1 aliphatic heterocycles. The van der Waals surface area contributed by atoms with E-state index >= 15 is 0 Å². The third-order valence-electron chi connectivity index (χ3n) is 2.92. The standard InChI is InChI=1S/C12H14BrClFNOS/c1-16-12(9-6-18-5-4-17-9)7-2-3-8(13)10(14)11(7)15/h2-3,9,12,16H,4-6H2,1H3. The molecular formula is C12H14BrClFNOS. The summed E-state index contributed by atoms with van der Waals surface area (Å²) in [5.74, 6) is 1.47. The summed E-state index contributed by atoms with van der Waals surface area (Å²) in [6.07, 6.45) is -0.0273. The van der Waals surface area contributed by atoms with Crippen LogP contribution >= 0.6 is 39.3 Å². The van der Waals surface area contributed by atoms with Gasteiger partial charge in [0.25, 0.3) is 0 Å². The first-order valence-electron chi connectivity index (χ1n) is 5.65. The van der Waals surface area contributed by atoms with Gasteiger partial charge in [-0.2, -0.15) is 11.8 Å². The molecule has 0 saturated carbocycles. The summed E-state index contributed by atoms with van der Waals surface area (Å²) in [5.41, 5.74) is 0.554. The molecule has 1 fully saturated rings. The zero-order valence-corrected chi connectivity index (χ0v) is 13.0. The monoisotopic (exact) mass is 353 g/mol. The number of benzene rings is 1. The summed E-state index contributed by atoms with van der Waals surface area (Å²) in [6.45, 7) is 0.708. The highest BCUT2D eigenvalue weighted by Gasteiger charge is 2.28. The van der Waals surface area contributed by atoms with E-state index in [2.05, 4.69) is 21.2 Å². The molecule has 1 aromatic carbocycles. The van der Waals surface area contributed by atoms with Crippen molar-refractivity contribution in [3.05, 3.63) is 33.0 Å². The second-order valence-electron chi connectivity index (χ2n) is 4.02. The molecule has 0 radical (unpaired) electrons. The maximum atomic E-state index is 14.2. The molecule has 1 N–H and O–H groups in total. The molecule has 2 atom stereocenters. The molecule has 6 heteroatoms. The number of halogens is 3. The van der Waals surface area contributed by atoms with Crippen LogP contribution < -0.4 is 5.32 Å². The van der Waals surface area contributed by atoms with Crippen LogP contribution in [0, 0.1) is 5.82 Å². The van der Waals surface area contributed by atoms with Gasteiger partial charge in [0.15, 0.2) is 0 Å². The smallest absolute Gasteiger partial charge is 0.147 e. The molecule has 0 aliphatic carbocycles. The lowest BCUT2D eigenvalue weighted by Gasteiger charge is -2.30. The van der Waals surface area contributed by atoms with Crippen molar-refractivity contribution in [3.63, 3.8) is 0 Å². The average Bonchev–Trinajstić information content (AvgIpc) is 2.41. The van der Waals surface area contributed by atoms with E-state index < -0.39 is 0 Å². The van der Waals surface area contributed by atoms with Crippen molar-refractivity contribution < 1.29 is 9.13 Å². The van der Waals surface area contributed by atoms with Crippen LogP contribution in [-0.4, -0.2) is 31.3 Å². The van der Waals surface area contributed by atoms with E-state index in [1.165, 1.54) is 0 Å². The quantitative estimate of drug-likeness (QED) is 0.838. The van der Waals surface area contributed by atoms with Gasteiger partial charge in [0.1, 0.15) is 5.82 Å². The van der Waals surface area contributed by atoms with Crippen molar-refractivity contribution in [1.82, 2.24) is 5.32 Å². The molecule has 0 bridgehead atoms. The van der Waals surface area contributed by atoms with Gasteiger partial charge in [-0.1, -0.05) is 17.7 Å². The van der Waals surface area contributed by atoms with Gasteiger partial charge in [-0.25, -0.2) is 4.39 Å². The zero-order valence-electron chi connectivity index (χ0n) is 9.88. The fourth-order valence-electron chi connectivity index (χ4n) is 2.02. The number of hydrogen-bond acceptors (Lipinski definition) is 3. The molecule has 0 spiro atoms. The van der Waals surface area contributed by atoms with Crippen LogP contribution in [0.15, 0.2) is 16.6 Å². The second kappa shape index (κ2) is 6.57. The first kappa shape index (κ1) is 14.6. The van der Waals surface area contributed by atoms with Crippen molar-refractivity contribution in [3.8, 4) is 0 Å². The van der Waals surface area contributed by atoms with Crippen LogP contribution in [0.2, 0.25) is 5.02 Å². The number of rotatable bonds is 3. The summed E-state index contributed by atoms with van der Waals surface area (Å²) < 4.78 is 20.5. The SMILES string of the molecule is CNC(c1ccc(Br)c(Cl)c1F)C1CSCCO1. The highest BCUT2D eigenvalue weighted by atomic mass is 79.9. The second-order valence-corrected chi connectivity index (χ2v) is 6.40. The minimum absolute atomic E-state index is 0.0273. The van der Waals surface area contributed by atoms with Crippen molar-refractivity contribution in [1.29, 1.82) is 0 Å². The van der Waals surface area contributed by atoms with Crippen LogP contribution in [0.5, 0.6) is 0 Å². The predicted octanol–water partition coefficient (Wildman–Crippen LogP) is 3.63. The maximum absolute atomic E-state index is 14.2. The maximum Gasteiger partial charge on any atom is 0.147 e. The van der Waals surface area contributed by atoms with Crippen molar-refractivity contribution in [2.24, 2.45) is 0 Å². The van der Waals surface area contributed by atoms with E-state index in [4.69, 9.17) is 16.3 Å². The van der Waals surface area contributed by atoms with E-state index in [0.717, 1.165) is 11.5 Å². The minimum atomic E-state index is -0.385. The Morgan fingerprint density at radius 2 is 2.39 bits per heavy atom. The lowest BCUT2D eigenvalue weighted by Crippen LogP contribution is -2.37. The van der Waals surface area contributed by atoms with Crippen LogP contribution in [0.25, 0.3) is 0 Å². The highest BCUT2D eigenvalue weighted by Crippen LogP contribution is 2.33. The number of nitrogens with one attached hydrogen (secondary N) is 1. The zero-order chi connectivity index (χ0) is 13.1. The molecule has 2 rings (SSSR count). The number of thioether (sulfide) groups is 1. The summed E-state index contributed by atoms with van der Waals surface area (Å²) in [7, 11) is 1.81. The third-order valence-corrected chi connectivity index (χ3v) is 5.20. The van der Waals surface area contributed by atoms with Crippen LogP contribution in [-0.2, 0) is 4.74 Å². The Labute approximate surface area is 124 Å². The molecule has 100 valence electrons. The Balaban J connectivity index is 2.29.